The van der Waals surface area contributed by atoms with Crippen LogP contribution in [-0.4, -0.2) is 42.9 Å². The van der Waals surface area contributed by atoms with Crippen LogP contribution in [0.1, 0.15) is 38.3 Å². The van der Waals surface area contributed by atoms with Gasteiger partial charge < -0.3 is 21.1 Å². The number of nitrogens with zero attached hydrogens (tertiary/aromatic N) is 1. The first-order chi connectivity index (χ1) is 12.8. The van der Waals surface area contributed by atoms with E-state index in [1.54, 1.807) is 0 Å². The maximum absolute atomic E-state index is 13.0. The largest absolute Gasteiger partial charge is 0.511 e. The van der Waals surface area contributed by atoms with Crippen molar-refractivity contribution in [2.24, 2.45) is 10.9 Å². The molecule has 6 nitrogen and oxygen atoms in total. The zero-order valence-corrected chi connectivity index (χ0v) is 16.2. The lowest BCUT2D eigenvalue weighted by Gasteiger charge is -2.32. The first-order valence-corrected chi connectivity index (χ1v) is 9.74. The van der Waals surface area contributed by atoms with Crippen LogP contribution >= 0.6 is 0 Å². The van der Waals surface area contributed by atoms with E-state index in [-0.39, 0.29) is 34.6 Å². The summed E-state index contributed by atoms with van der Waals surface area (Å²) in [4.78, 5) is 17.5. The van der Waals surface area contributed by atoms with Crippen LogP contribution < -0.4 is 16.0 Å². The summed E-state index contributed by atoms with van der Waals surface area (Å²) in [6.07, 6.45) is 3.32. The van der Waals surface area contributed by atoms with Gasteiger partial charge in [-0.15, -0.1) is 0 Å². The smallest absolute Gasteiger partial charge is 0.260 e. The second-order valence-corrected chi connectivity index (χ2v) is 8.68. The van der Waals surface area contributed by atoms with E-state index in [0.717, 1.165) is 49.4 Å². The van der Waals surface area contributed by atoms with Crippen molar-refractivity contribution >= 4 is 23.5 Å². The molecule has 0 aliphatic carbocycles. The van der Waals surface area contributed by atoms with E-state index in [1.165, 1.54) is 11.8 Å². The summed E-state index contributed by atoms with van der Waals surface area (Å²) < 4.78 is 0. The van der Waals surface area contributed by atoms with Crippen LogP contribution in [0.5, 0.6) is 0 Å². The molecular weight excluding hydrogens is 340 g/mol. The molecule has 3 aliphatic rings. The predicted molar refractivity (Wildman–Crippen MR) is 109 cm³/mol. The van der Waals surface area contributed by atoms with Crippen molar-refractivity contribution in [3.8, 4) is 0 Å². The molecule has 0 aromatic heterocycles. The fourth-order valence-corrected chi connectivity index (χ4v) is 4.19. The number of aliphatic hydroxyl groups excluding tert-OH is 1. The third kappa shape index (κ3) is 3.34. The lowest BCUT2D eigenvalue weighted by atomic mass is 9.84. The van der Waals surface area contributed by atoms with E-state index in [4.69, 9.17) is 0 Å². The SMILES string of the molecule is CC(C)(C)c1cc2c(cc1NC(=O)C1=C(O)C3CCNCC3N=C1)NCC2. The number of carbonyl (C=O) groups is 1. The molecule has 1 amide bonds. The number of amides is 1. The van der Waals surface area contributed by atoms with Crippen LogP contribution in [0.25, 0.3) is 0 Å². The lowest BCUT2D eigenvalue weighted by Crippen LogP contribution is -2.43. The average Bonchev–Trinajstić information content (AvgIpc) is 3.08. The van der Waals surface area contributed by atoms with Gasteiger partial charge in [0, 0.05) is 36.6 Å². The van der Waals surface area contributed by atoms with E-state index in [2.05, 4.69) is 47.8 Å². The summed E-state index contributed by atoms with van der Waals surface area (Å²) in [6, 6.07) is 4.23. The quantitative estimate of drug-likeness (QED) is 0.647. The molecule has 4 rings (SSSR count). The van der Waals surface area contributed by atoms with Crippen LogP contribution in [0.15, 0.2) is 28.5 Å². The minimum atomic E-state index is -0.295. The highest BCUT2D eigenvalue weighted by Gasteiger charge is 2.34. The number of aliphatic imine (C=N–C) groups is 1. The van der Waals surface area contributed by atoms with Gasteiger partial charge in [-0.05, 0) is 42.0 Å². The van der Waals surface area contributed by atoms with Crippen molar-refractivity contribution in [3.63, 3.8) is 0 Å². The molecule has 3 heterocycles. The van der Waals surface area contributed by atoms with Gasteiger partial charge in [0.15, 0.2) is 0 Å². The number of rotatable bonds is 2. The highest BCUT2D eigenvalue weighted by atomic mass is 16.3. The molecular formula is C21H28N4O2. The molecule has 1 saturated heterocycles. The monoisotopic (exact) mass is 368 g/mol. The van der Waals surface area contributed by atoms with Crippen molar-refractivity contribution in [3.05, 3.63) is 34.6 Å². The minimum Gasteiger partial charge on any atom is -0.511 e. The predicted octanol–water partition coefficient (Wildman–Crippen LogP) is 2.77. The molecule has 1 fully saturated rings. The molecule has 144 valence electrons. The van der Waals surface area contributed by atoms with Gasteiger partial charge in [-0.2, -0.15) is 0 Å². The van der Waals surface area contributed by atoms with Crippen molar-refractivity contribution in [1.29, 1.82) is 0 Å². The summed E-state index contributed by atoms with van der Waals surface area (Å²) in [7, 11) is 0. The van der Waals surface area contributed by atoms with Gasteiger partial charge in [0.2, 0.25) is 0 Å². The number of anilines is 2. The van der Waals surface area contributed by atoms with Crippen molar-refractivity contribution in [1.82, 2.24) is 5.32 Å². The zero-order chi connectivity index (χ0) is 19.2. The molecule has 0 saturated carbocycles. The van der Waals surface area contributed by atoms with Crippen LogP contribution in [0.3, 0.4) is 0 Å². The average molecular weight is 368 g/mol. The van der Waals surface area contributed by atoms with Gasteiger partial charge in [-0.25, -0.2) is 0 Å². The Morgan fingerprint density at radius 3 is 2.89 bits per heavy atom. The fraction of sp³-hybridized carbons (Fsp3) is 0.524. The third-order valence-corrected chi connectivity index (χ3v) is 5.73. The van der Waals surface area contributed by atoms with Gasteiger partial charge >= 0.3 is 0 Å². The second kappa shape index (κ2) is 6.68. The normalized spacial score (nSPS) is 24.3. The Bertz CT molecular complexity index is 835. The van der Waals surface area contributed by atoms with Crippen molar-refractivity contribution in [2.75, 3.05) is 30.3 Å². The molecule has 0 bridgehead atoms. The molecule has 1 aromatic rings. The number of piperidine rings is 1. The Morgan fingerprint density at radius 2 is 2.11 bits per heavy atom. The molecule has 4 N–H and O–H groups in total. The first kappa shape index (κ1) is 18.0. The molecule has 3 aliphatic heterocycles. The maximum Gasteiger partial charge on any atom is 0.260 e. The summed E-state index contributed by atoms with van der Waals surface area (Å²) in [5, 5.41) is 20.4. The number of hydrogen-bond donors (Lipinski definition) is 4. The Balaban J connectivity index is 1.64. The van der Waals surface area contributed by atoms with Gasteiger partial charge in [-0.1, -0.05) is 26.8 Å². The first-order valence-electron chi connectivity index (χ1n) is 9.74. The standard InChI is InChI=1S/C21H28N4O2/c1-21(2,3)15-8-12-4-7-23-16(12)9-17(15)25-20(27)14-10-24-18-11-22-6-5-13(18)19(14)26/h8-10,13,18,22-23,26H,4-7,11H2,1-3H3,(H,25,27). The Morgan fingerprint density at radius 1 is 1.30 bits per heavy atom. The summed E-state index contributed by atoms with van der Waals surface area (Å²) in [6.45, 7) is 8.93. The van der Waals surface area contributed by atoms with Gasteiger partial charge in [-0.3, -0.25) is 9.79 Å². The number of benzene rings is 1. The number of hydrogen-bond acceptors (Lipinski definition) is 5. The number of fused-ring (bicyclic) bond motifs is 2. The van der Waals surface area contributed by atoms with Crippen LogP contribution in [-0.2, 0) is 16.6 Å². The maximum atomic E-state index is 13.0. The minimum absolute atomic E-state index is 0.0182. The molecule has 1 aromatic carbocycles. The Kier molecular flexibility index (Phi) is 4.46. The summed E-state index contributed by atoms with van der Waals surface area (Å²) in [5.41, 5.74) is 4.44. The highest BCUT2D eigenvalue weighted by Crippen LogP contribution is 2.37. The third-order valence-electron chi connectivity index (χ3n) is 5.73. The molecule has 6 heteroatoms. The van der Waals surface area contributed by atoms with Crippen LogP contribution in [0.2, 0.25) is 0 Å². The van der Waals surface area contributed by atoms with Gasteiger partial charge in [0.25, 0.3) is 5.91 Å². The topological polar surface area (TPSA) is 85.8 Å². The van der Waals surface area contributed by atoms with E-state index < -0.39 is 0 Å². The molecule has 0 radical (unpaired) electrons. The number of aliphatic hydroxyl groups is 1. The molecule has 0 spiro atoms. The second-order valence-electron chi connectivity index (χ2n) is 8.68. The van der Waals surface area contributed by atoms with Crippen molar-refractivity contribution < 1.29 is 9.90 Å². The van der Waals surface area contributed by atoms with Crippen molar-refractivity contribution in [2.45, 2.75) is 45.1 Å². The number of dihydropyridines is 1. The summed E-state index contributed by atoms with van der Waals surface area (Å²) >= 11 is 0. The van der Waals surface area contributed by atoms with Gasteiger partial charge in [0.05, 0.1) is 11.6 Å². The van der Waals surface area contributed by atoms with Crippen LogP contribution in [0, 0.1) is 5.92 Å². The Hall–Kier alpha value is -2.34. The Labute approximate surface area is 160 Å². The lowest BCUT2D eigenvalue weighted by molar-refractivity contribution is -0.112. The number of nitrogens with one attached hydrogen (secondary N) is 3. The molecule has 2 unspecified atom stereocenters. The van der Waals surface area contributed by atoms with E-state index in [9.17, 15) is 9.90 Å². The summed E-state index contributed by atoms with van der Waals surface area (Å²) in [5.74, 6) is -0.192. The van der Waals surface area contributed by atoms with Gasteiger partial charge in [0.1, 0.15) is 5.76 Å². The van der Waals surface area contributed by atoms with E-state index in [0.29, 0.717) is 0 Å². The highest BCUT2D eigenvalue weighted by molar-refractivity contribution is 6.18. The van der Waals surface area contributed by atoms with E-state index in [1.807, 2.05) is 6.07 Å². The molecule has 2 atom stereocenters. The van der Waals surface area contributed by atoms with E-state index >= 15 is 0 Å². The van der Waals surface area contributed by atoms with Crippen LogP contribution in [0.4, 0.5) is 11.4 Å². The zero-order valence-electron chi connectivity index (χ0n) is 16.2. The fourth-order valence-electron chi connectivity index (χ4n) is 4.19. The molecule has 27 heavy (non-hydrogen) atoms. The number of carbonyl (C=O) groups excluding carboxylic acids is 1.